The van der Waals surface area contributed by atoms with Crippen LogP contribution in [0.25, 0.3) is 0 Å². The van der Waals surface area contributed by atoms with Gasteiger partial charge in [0.15, 0.2) is 0 Å². The van der Waals surface area contributed by atoms with Gasteiger partial charge in [-0.3, -0.25) is 4.79 Å². The molecule has 0 spiro atoms. The predicted octanol–water partition coefficient (Wildman–Crippen LogP) is 13.2. The SMILES string of the molecule is CC/C=C\C/C=C\C/C=C\C/C=C\CCCCCCCOCC(CO)OC(=O)CCCCCCCC/C=C\C/C=C\C/C=C\CCCCC. The van der Waals surface area contributed by atoms with Gasteiger partial charge in [-0.05, 0) is 89.9 Å². The minimum atomic E-state index is -0.556. The van der Waals surface area contributed by atoms with Gasteiger partial charge in [0, 0.05) is 13.0 Å². The standard InChI is InChI=1S/C45H76O4/c1-3-5-7-9-11-13-15-17-19-21-23-24-26-28-30-32-34-36-38-40-45(47)49-44(42-46)43-48-41-39-37-35-33-31-29-27-25-22-20-18-16-14-12-10-8-6-4-2/h6,8,11-14,17-20,23-25,27,44,46H,3-5,7,9-10,15-16,21-22,26,28-43H2,1-2H3/b8-6-,13-11-,14-12-,19-17-,20-18-,24-23-,27-25-. The Bertz CT molecular complexity index is 892. The van der Waals surface area contributed by atoms with Crippen LogP contribution in [0.3, 0.4) is 0 Å². The zero-order valence-electron chi connectivity index (χ0n) is 31.9. The fourth-order valence-electron chi connectivity index (χ4n) is 5.21. The van der Waals surface area contributed by atoms with Gasteiger partial charge in [0.2, 0.25) is 0 Å². The maximum Gasteiger partial charge on any atom is 0.306 e. The van der Waals surface area contributed by atoms with Crippen LogP contribution in [-0.4, -0.2) is 37.0 Å². The lowest BCUT2D eigenvalue weighted by molar-refractivity contribution is -0.154. The van der Waals surface area contributed by atoms with Crippen LogP contribution in [0.5, 0.6) is 0 Å². The fourth-order valence-corrected chi connectivity index (χ4v) is 5.21. The second-order valence-electron chi connectivity index (χ2n) is 13.0. The molecule has 0 aromatic heterocycles. The second kappa shape index (κ2) is 41.7. The van der Waals surface area contributed by atoms with Crippen molar-refractivity contribution >= 4 is 5.97 Å². The average Bonchev–Trinajstić information content (AvgIpc) is 3.11. The van der Waals surface area contributed by atoms with Gasteiger partial charge in [-0.15, -0.1) is 0 Å². The van der Waals surface area contributed by atoms with Crippen molar-refractivity contribution in [1.29, 1.82) is 0 Å². The molecule has 1 atom stereocenters. The van der Waals surface area contributed by atoms with Crippen molar-refractivity contribution in [2.24, 2.45) is 0 Å². The van der Waals surface area contributed by atoms with Gasteiger partial charge >= 0.3 is 5.97 Å². The number of esters is 1. The molecule has 4 heteroatoms. The number of allylic oxidation sites excluding steroid dienone is 14. The third kappa shape index (κ3) is 39.9. The molecule has 0 aliphatic heterocycles. The Hall–Kier alpha value is -2.43. The molecule has 0 aromatic rings. The monoisotopic (exact) mass is 681 g/mol. The average molecular weight is 681 g/mol. The van der Waals surface area contributed by atoms with E-state index < -0.39 is 6.10 Å². The largest absolute Gasteiger partial charge is 0.457 e. The second-order valence-corrected chi connectivity index (χ2v) is 13.0. The summed E-state index contributed by atoms with van der Waals surface area (Å²) >= 11 is 0. The van der Waals surface area contributed by atoms with Crippen LogP contribution >= 0.6 is 0 Å². The van der Waals surface area contributed by atoms with Crippen molar-refractivity contribution in [2.45, 2.75) is 174 Å². The molecular weight excluding hydrogens is 604 g/mol. The van der Waals surface area contributed by atoms with E-state index in [0.717, 1.165) is 83.5 Å². The highest BCUT2D eigenvalue weighted by Gasteiger charge is 2.13. The van der Waals surface area contributed by atoms with Crippen LogP contribution < -0.4 is 0 Å². The van der Waals surface area contributed by atoms with E-state index in [4.69, 9.17) is 9.47 Å². The van der Waals surface area contributed by atoms with E-state index in [-0.39, 0.29) is 19.2 Å². The summed E-state index contributed by atoms with van der Waals surface area (Å²) in [5, 5.41) is 9.59. The molecule has 0 bridgehead atoms. The molecule has 49 heavy (non-hydrogen) atoms. The van der Waals surface area contributed by atoms with E-state index >= 15 is 0 Å². The van der Waals surface area contributed by atoms with Gasteiger partial charge in [0.1, 0.15) is 6.10 Å². The molecule has 1 N–H and O–H groups in total. The van der Waals surface area contributed by atoms with E-state index in [1.807, 2.05) is 0 Å². The van der Waals surface area contributed by atoms with Crippen LogP contribution in [0.4, 0.5) is 0 Å². The lowest BCUT2D eigenvalue weighted by atomic mass is 10.1. The Morgan fingerprint density at radius 3 is 1.39 bits per heavy atom. The van der Waals surface area contributed by atoms with E-state index in [2.05, 4.69) is 98.9 Å². The van der Waals surface area contributed by atoms with Gasteiger partial charge in [0.05, 0.1) is 13.2 Å². The maximum absolute atomic E-state index is 12.2. The summed E-state index contributed by atoms with van der Waals surface area (Å²) in [5.74, 6) is -0.224. The lowest BCUT2D eigenvalue weighted by Crippen LogP contribution is -2.27. The van der Waals surface area contributed by atoms with E-state index in [0.29, 0.717) is 13.0 Å². The number of rotatable bonds is 36. The molecule has 0 radical (unpaired) electrons. The molecule has 4 nitrogen and oxygen atoms in total. The Morgan fingerprint density at radius 1 is 0.510 bits per heavy atom. The molecule has 0 amide bonds. The van der Waals surface area contributed by atoms with Crippen molar-refractivity contribution in [1.82, 2.24) is 0 Å². The molecule has 0 aliphatic carbocycles. The molecule has 0 heterocycles. The number of carbonyl (C=O) groups is 1. The number of unbranched alkanes of at least 4 members (excludes halogenated alkanes) is 14. The highest BCUT2D eigenvalue weighted by Crippen LogP contribution is 2.11. The normalized spacial score (nSPS) is 13.3. The first kappa shape index (κ1) is 46.6. The smallest absolute Gasteiger partial charge is 0.306 e. The summed E-state index contributed by atoms with van der Waals surface area (Å²) in [5.41, 5.74) is 0. The van der Waals surface area contributed by atoms with Crippen LogP contribution in [0.2, 0.25) is 0 Å². The summed E-state index contributed by atoms with van der Waals surface area (Å²) < 4.78 is 11.1. The van der Waals surface area contributed by atoms with E-state index in [1.165, 1.54) is 64.2 Å². The fraction of sp³-hybridized carbons (Fsp3) is 0.667. The van der Waals surface area contributed by atoms with Crippen molar-refractivity contribution in [3.05, 3.63) is 85.1 Å². The molecule has 0 fully saturated rings. The summed E-state index contributed by atoms with van der Waals surface area (Å²) in [6, 6.07) is 0. The number of aliphatic hydroxyl groups is 1. The van der Waals surface area contributed by atoms with Gasteiger partial charge in [-0.25, -0.2) is 0 Å². The molecule has 0 aliphatic rings. The van der Waals surface area contributed by atoms with Crippen molar-refractivity contribution < 1.29 is 19.4 Å². The highest BCUT2D eigenvalue weighted by atomic mass is 16.6. The first-order valence-electron chi connectivity index (χ1n) is 20.2. The van der Waals surface area contributed by atoms with Crippen LogP contribution in [0.1, 0.15) is 168 Å². The van der Waals surface area contributed by atoms with Crippen molar-refractivity contribution in [3.8, 4) is 0 Å². The zero-order valence-corrected chi connectivity index (χ0v) is 31.9. The van der Waals surface area contributed by atoms with Crippen molar-refractivity contribution in [3.63, 3.8) is 0 Å². The minimum Gasteiger partial charge on any atom is -0.457 e. The first-order valence-corrected chi connectivity index (χ1v) is 20.2. The number of ether oxygens (including phenoxy) is 2. The Morgan fingerprint density at radius 2 is 0.918 bits per heavy atom. The van der Waals surface area contributed by atoms with Crippen molar-refractivity contribution in [2.75, 3.05) is 19.8 Å². The Labute approximate surface area is 303 Å². The van der Waals surface area contributed by atoms with E-state index in [1.54, 1.807) is 0 Å². The number of hydrogen-bond donors (Lipinski definition) is 1. The molecule has 0 rings (SSSR count). The van der Waals surface area contributed by atoms with Gasteiger partial charge < -0.3 is 14.6 Å². The molecular formula is C45H76O4. The highest BCUT2D eigenvalue weighted by molar-refractivity contribution is 5.69. The summed E-state index contributed by atoms with van der Waals surface area (Å²) in [4.78, 5) is 12.2. The molecule has 0 aromatic carbocycles. The number of hydrogen-bond acceptors (Lipinski definition) is 4. The summed E-state index contributed by atoms with van der Waals surface area (Å²) in [6.07, 6.45) is 57.7. The van der Waals surface area contributed by atoms with E-state index in [9.17, 15) is 9.90 Å². The van der Waals surface area contributed by atoms with Crippen LogP contribution in [0, 0.1) is 0 Å². The summed E-state index contributed by atoms with van der Waals surface area (Å²) in [6.45, 7) is 5.14. The minimum absolute atomic E-state index is 0.190. The topological polar surface area (TPSA) is 55.8 Å². The third-order valence-electron chi connectivity index (χ3n) is 8.20. The Kier molecular flexibility index (Phi) is 39.7. The third-order valence-corrected chi connectivity index (χ3v) is 8.20. The zero-order chi connectivity index (χ0) is 35.6. The van der Waals surface area contributed by atoms with Crippen LogP contribution in [-0.2, 0) is 14.3 Å². The molecule has 0 saturated carbocycles. The Balaban J connectivity index is 3.55. The lowest BCUT2D eigenvalue weighted by Gasteiger charge is -2.15. The van der Waals surface area contributed by atoms with Gasteiger partial charge in [-0.1, -0.05) is 157 Å². The maximum atomic E-state index is 12.2. The predicted molar refractivity (Wildman–Crippen MR) is 214 cm³/mol. The molecule has 1 unspecified atom stereocenters. The first-order chi connectivity index (χ1) is 24.2. The van der Waals surface area contributed by atoms with Crippen LogP contribution in [0.15, 0.2) is 85.1 Å². The number of carbonyl (C=O) groups excluding carboxylic acids is 1. The molecule has 280 valence electrons. The van der Waals surface area contributed by atoms with Gasteiger partial charge in [0.25, 0.3) is 0 Å². The quantitative estimate of drug-likeness (QED) is 0.0406. The summed E-state index contributed by atoms with van der Waals surface area (Å²) in [7, 11) is 0. The molecule has 0 saturated heterocycles. The number of aliphatic hydroxyl groups excluding tert-OH is 1. The van der Waals surface area contributed by atoms with Gasteiger partial charge in [-0.2, -0.15) is 0 Å².